The molecule has 0 unspecified atom stereocenters. The number of amides is 1. The molecule has 6 heteroatoms. The van der Waals surface area contributed by atoms with Crippen LogP contribution >= 0.6 is 0 Å². The number of carboxylic acids is 1. The normalized spacial score (nSPS) is 11.9. The predicted octanol–water partition coefficient (Wildman–Crippen LogP) is 2.04. The van der Waals surface area contributed by atoms with Crippen LogP contribution in [-0.2, 0) is 14.4 Å². The third-order valence-electron chi connectivity index (χ3n) is 3.53. The van der Waals surface area contributed by atoms with Gasteiger partial charge in [0.1, 0.15) is 12.3 Å². The highest BCUT2D eigenvalue weighted by molar-refractivity contribution is 5.83. The Morgan fingerprint density at radius 2 is 1.50 bits per heavy atom. The first-order valence-corrected chi connectivity index (χ1v) is 8.18. The van der Waals surface area contributed by atoms with Gasteiger partial charge < -0.3 is 20.3 Å². The number of hydrogen-bond acceptors (Lipinski definition) is 4. The molecule has 0 aliphatic carbocycles. The van der Waals surface area contributed by atoms with Gasteiger partial charge >= 0.3 is 5.97 Å². The highest BCUT2D eigenvalue weighted by atomic mass is 16.4. The van der Waals surface area contributed by atoms with Crippen LogP contribution in [0.1, 0.15) is 70.6 Å². The molecule has 0 rings (SSSR count). The van der Waals surface area contributed by atoms with Gasteiger partial charge in [0.2, 0.25) is 5.91 Å². The van der Waals surface area contributed by atoms with Crippen molar-refractivity contribution in [1.29, 1.82) is 0 Å². The number of carbonyl (C=O) groups is 3. The van der Waals surface area contributed by atoms with Crippen molar-refractivity contribution in [2.75, 3.05) is 6.61 Å². The molecule has 6 nitrogen and oxygen atoms in total. The maximum atomic E-state index is 11.6. The summed E-state index contributed by atoms with van der Waals surface area (Å²) in [4.78, 5) is 32.5. The third kappa shape index (κ3) is 12.3. The van der Waals surface area contributed by atoms with E-state index in [9.17, 15) is 14.4 Å². The predicted molar refractivity (Wildman–Crippen MR) is 83.5 cm³/mol. The molecule has 1 amide bonds. The molecule has 0 saturated heterocycles. The van der Waals surface area contributed by atoms with E-state index in [2.05, 4.69) is 5.32 Å². The molecule has 0 aromatic carbocycles. The average molecular weight is 315 g/mol. The molecular weight excluding hydrogens is 286 g/mol. The number of hydrogen-bond donors (Lipinski definition) is 3. The standard InChI is InChI=1S/C16H29NO5/c18-12-9-7-5-3-1-2-4-6-8-10-15(20)17-14(11-13-19)16(21)22/h12,14,19H,1-11,13H2,(H,17,20)(H,21,22)/t14-/m0/s1. The first kappa shape index (κ1) is 20.6. The van der Waals surface area contributed by atoms with Crippen LogP contribution in [0.4, 0.5) is 0 Å². The van der Waals surface area contributed by atoms with E-state index < -0.39 is 12.0 Å². The molecule has 0 heterocycles. The molecule has 0 radical (unpaired) electrons. The number of aliphatic hydroxyl groups is 1. The zero-order valence-corrected chi connectivity index (χ0v) is 13.3. The van der Waals surface area contributed by atoms with Crippen molar-refractivity contribution in [3.63, 3.8) is 0 Å². The van der Waals surface area contributed by atoms with E-state index in [-0.39, 0.29) is 18.9 Å². The summed E-state index contributed by atoms with van der Waals surface area (Å²) in [6, 6.07) is -0.996. The number of unbranched alkanes of at least 4 members (excludes halogenated alkanes) is 8. The Balaban J connectivity index is 3.48. The van der Waals surface area contributed by atoms with E-state index in [4.69, 9.17) is 10.2 Å². The van der Waals surface area contributed by atoms with E-state index >= 15 is 0 Å². The zero-order valence-electron chi connectivity index (χ0n) is 13.3. The lowest BCUT2D eigenvalue weighted by atomic mass is 10.1. The van der Waals surface area contributed by atoms with Crippen molar-refractivity contribution in [3.05, 3.63) is 0 Å². The number of rotatable bonds is 15. The van der Waals surface area contributed by atoms with E-state index in [1.54, 1.807) is 0 Å². The Labute approximate surface area is 132 Å². The smallest absolute Gasteiger partial charge is 0.326 e. The fraction of sp³-hybridized carbons (Fsp3) is 0.812. The van der Waals surface area contributed by atoms with E-state index in [0.29, 0.717) is 12.8 Å². The first-order valence-electron chi connectivity index (χ1n) is 8.18. The van der Waals surface area contributed by atoms with Gasteiger partial charge in [-0.15, -0.1) is 0 Å². The second-order valence-electron chi connectivity index (χ2n) is 5.50. The largest absolute Gasteiger partial charge is 0.480 e. The molecule has 0 aliphatic heterocycles. The highest BCUT2D eigenvalue weighted by Crippen LogP contribution is 2.10. The van der Waals surface area contributed by atoms with Gasteiger partial charge in [-0.2, -0.15) is 0 Å². The van der Waals surface area contributed by atoms with Crippen LogP contribution in [0.5, 0.6) is 0 Å². The number of carboxylic acid groups (broad SMARTS) is 1. The van der Waals surface area contributed by atoms with Crippen LogP contribution in [0.15, 0.2) is 0 Å². The fourth-order valence-electron chi connectivity index (χ4n) is 2.23. The monoisotopic (exact) mass is 315 g/mol. The van der Waals surface area contributed by atoms with Crippen molar-refractivity contribution in [2.45, 2.75) is 76.7 Å². The number of nitrogens with one attached hydrogen (secondary N) is 1. The molecule has 3 N–H and O–H groups in total. The van der Waals surface area contributed by atoms with Crippen LogP contribution in [-0.4, -0.2) is 41.0 Å². The van der Waals surface area contributed by atoms with Gasteiger partial charge in [-0.25, -0.2) is 4.79 Å². The summed E-state index contributed by atoms with van der Waals surface area (Å²) in [6.45, 7) is -0.260. The minimum absolute atomic E-state index is 0.0329. The third-order valence-corrected chi connectivity index (χ3v) is 3.53. The van der Waals surface area contributed by atoms with Gasteiger partial charge in [0, 0.05) is 25.9 Å². The second-order valence-corrected chi connectivity index (χ2v) is 5.50. The van der Waals surface area contributed by atoms with Gasteiger partial charge in [-0.05, 0) is 12.8 Å². The minimum atomic E-state index is -1.11. The van der Waals surface area contributed by atoms with Crippen LogP contribution in [0.3, 0.4) is 0 Å². The number of aldehydes is 1. The Morgan fingerprint density at radius 1 is 0.955 bits per heavy atom. The van der Waals surface area contributed by atoms with Gasteiger partial charge in [0.15, 0.2) is 0 Å². The molecule has 0 aliphatic rings. The first-order chi connectivity index (χ1) is 10.6. The quantitative estimate of drug-likeness (QED) is 0.317. The van der Waals surface area contributed by atoms with Crippen molar-refractivity contribution in [1.82, 2.24) is 5.32 Å². The Morgan fingerprint density at radius 3 is 2.00 bits per heavy atom. The summed E-state index contributed by atoms with van der Waals surface area (Å²) in [5.41, 5.74) is 0. The maximum absolute atomic E-state index is 11.6. The molecule has 0 bridgehead atoms. The van der Waals surface area contributed by atoms with Crippen molar-refractivity contribution < 1.29 is 24.6 Å². The highest BCUT2D eigenvalue weighted by Gasteiger charge is 2.18. The molecule has 0 aromatic rings. The molecule has 0 saturated carbocycles. The summed E-state index contributed by atoms with van der Waals surface area (Å²) >= 11 is 0. The molecule has 0 fully saturated rings. The SMILES string of the molecule is O=CCCCCCCCCCCC(=O)N[C@@H](CCO)C(=O)O. The lowest BCUT2D eigenvalue weighted by Crippen LogP contribution is -2.41. The van der Waals surface area contributed by atoms with Crippen LogP contribution < -0.4 is 5.32 Å². The Hall–Kier alpha value is -1.43. The molecule has 128 valence electrons. The number of aliphatic carboxylic acids is 1. The summed E-state index contributed by atoms with van der Waals surface area (Å²) in [7, 11) is 0. The van der Waals surface area contributed by atoms with Crippen LogP contribution in [0.2, 0.25) is 0 Å². The molecule has 0 aromatic heterocycles. The maximum Gasteiger partial charge on any atom is 0.326 e. The summed E-state index contributed by atoms with van der Waals surface area (Å²) in [5.74, 6) is -1.38. The number of aliphatic hydroxyl groups excluding tert-OH is 1. The lowest BCUT2D eigenvalue weighted by molar-refractivity contribution is -0.142. The van der Waals surface area contributed by atoms with Gasteiger partial charge in [-0.3, -0.25) is 4.79 Å². The van der Waals surface area contributed by atoms with Gasteiger partial charge in [0.05, 0.1) is 0 Å². The van der Waals surface area contributed by atoms with Crippen molar-refractivity contribution in [2.24, 2.45) is 0 Å². The second kappa shape index (κ2) is 14.5. The van der Waals surface area contributed by atoms with Crippen molar-refractivity contribution >= 4 is 18.2 Å². The summed E-state index contributed by atoms with van der Waals surface area (Å²) < 4.78 is 0. The molecule has 1 atom stereocenters. The molecular formula is C16H29NO5. The Kier molecular flexibility index (Phi) is 13.6. The van der Waals surface area contributed by atoms with Gasteiger partial charge in [0.25, 0.3) is 0 Å². The zero-order chi connectivity index (χ0) is 16.6. The van der Waals surface area contributed by atoms with Crippen LogP contribution in [0, 0.1) is 0 Å². The summed E-state index contributed by atoms with van der Waals surface area (Å²) in [6.07, 6.45) is 10.3. The minimum Gasteiger partial charge on any atom is -0.480 e. The Bertz CT molecular complexity index is 320. The van der Waals surface area contributed by atoms with Crippen molar-refractivity contribution in [3.8, 4) is 0 Å². The molecule has 0 spiro atoms. The van der Waals surface area contributed by atoms with Gasteiger partial charge in [-0.1, -0.05) is 38.5 Å². The summed E-state index contributed by atoms with van der Waals surface area (Å²) in [5, 5.41) is 20.0. The number of carbonyl (C=O) groups excluding carboxylic acids is 2. The van der Waals surface area contributed by atoms with E-state index in [1.807, 2.05) is 0 Å². The van der Waals surface area contributed by atoms with E-state index in [0.717, 1.165) is 57.7 Å². The van der Waals surface area contributed by atoms with E-state index in [1.165, 1.54) is 0 Å². The average Bonchev–Trinajstić information content (AvgIpc) is 2.48. The fourth-order valence-corrected chi connectivity index (χ4v) is 2.23. The topological polar surface area (TPSA) is 104 Å². The molecule has 22 heavy (non-hydrogen) atoms. The lowest BCUT2D eigenvalue weighted by Gasteiger charge is -2.12. The van der Waals surface area contributed by atoms with Crippen LogP contribution in [0.25, 0.3) is 0 Å².